The van der Waals surface area contributed by atoms with Crippen LogP contribution >= 0.6 is 38.5 Å². The molecule has 0 aliphatic rings. The molecular formula is C9H10BrIO. The molecule has 0 bridgehead atoms. The van der Waals surface area contributed by atoms with E-state index in [9.17, 15) is 5.11 Å². The maximum absolute atomic E-state index is 9.60. The van der Waals surface area contributed by atoms with Gasteiger partial charge in [0, 0.05) is 8.04 Å². The van der Waals surface area contributed by atoms with Crippen molar-refractivity contribution in [2.24, 2.45) is 0 Å². The van der Waals surface area contributed by atoms with E-state index in [-0.39, 0.29) is 6.10 Å². The highest BCUT2D eigenvalue weighted by molar-refractivity contribution is 14.1. The molecule has 0 radical (unpaired) electrons. The van der Waals surface area contributed by atoms with Crippen LogP contribution in [0.4, 0.5) is 0 Å². The van der Waals surface area contributed by atoms with Crippen molar-refractivity contribution in [2.45, 2.75) is 19.4 Å². The first-order chi connectivity index (χ1) is 5.65. The van der Waals surface area contributed by atoms with Crippen molar-refractivity contribution >= 4 is 38.5 Å². The van der Waals surface area contributed by atoms with Crippen molar-refractivity contribution in [2.75, 3.05) is 0 Å². The first kappa shape index (κ1) is 10.5. The molecule has 0 amide bonds. The third kappa shape index (κ3) is 2.44. The molecule has 0 fully saturated rings. The normalized spacial score (nSPS) is 13.0. The zero-order valence-corrected chi connectivity index (χ0v) is 10.5. The van der Waals surface area contributed by atoms with E-state index in [0.29, 0.717) is 0 Å². The van der Waals surface area contributed by atoms with Gasteiger partial charge in [-0.05, 0) is 52.8 Å². The summed E-state index contributed by atoms with van der Waals surface area (Å²) in [6.45, 7) is 1.97. The van der Waals surface area contributed by atoms with Crippen molar-refractivity contribution in [1.82, 2.24) is 0 Å². The lowest BCUT2D eigenvalue weighted by Crippen LogP contribution is -1.96. The van der Waals surface area contributed by atoms with Crippen LogP contribution in [0.3, 0.4) is 0 Å². The molecule has 1 rings (SSSR count). The number of rotatable bonds is 2. The Bertz CT molecular complexity index is 275. The first-order valence-corrected chi connectivity index (χ1v) is 5.65. The number of benzene rings is 1. The fraction of sp³-hybridized carbons (Fsp3) is 0.333. The van der Waals surface area contributed by atoms with Gasteiger partial charge in [0.15, 0.2) is 0 Å². The SMILES string of the molecule is CCC(O)c1cc(I)ccc1Br. The Balaban J connectivity index is 3.04. The molecule has 1 atom stereocenters. The molecule has 0 aliphatic carbocycles. The smallest absolute Gasteiger partial charge is 0.0798 e. The second kappa shape index (κ2) is 4.58. The van der Waals surface area contributed by atoms with Gasteiger partial charge in [-0.25, -0.2) is 0 Å². The highest BCUT2D eigenvalue weighted by Crippen LogP contribution is 2.26. The number of halogens is 2. The van der Waals surface area contributed by atoms with Crippen LogP contribution in [0.5, 0.6) is 0 Å². The van der Waals surface area contributed by atoms with Crippen LogP contribution in [-0.4, -0.2) is 5.11 Å². The van der Waals surface area contributed by atoms with Gasteiger partial charge in [-0.1, -0.05) is 22.9 Å². The van der Waals surface area contributed by atoms with Crippen LogP contribution in [0.15, 0.2) is 22.7 Å². The predicted octanol–water partition coefficient (Wildman–Crippen LogP) is 3.50. The van der Waals surface area contributed by atoms with Gasteiger partial charge in [0.25, 0.3) is 0 Å². The number of hydrogen-bond donors (Lipinski definition) is 1. The Morgan fingerprint density at radius 2 is 2.25 bits per heavy atom. The zero-order chi connectivity index (χ0) is 9.14. The van der Waals surface area contributed by atoms with Crippen LogP contribution < -0.4 is 0 Å². The number of aliphatic hydroxyl groups is 1. The minimum atomic E-state index is -0.353. The van der Waals surface area contributed by atoms with Crippen LogP contribution in [0.2, 0.25) is 0 Å². The van der Waals surface area contributed by atoms with Gasteiger partial charge in [-0.2, -0.15) is 0 Å². The lowest BCUT2D eigenvalue weighted by Gasteiger charge is -2.10. The molecule has 0 heterocycles. The van der Waals surface area contributed by atoms with E-state index in [0.717, 1.165) is 20.0 Å². The summed E-state index contributed by atoms with van der Waals surface area (Å²) in [4.78, 5) is 0. The fourth-order valence-corrected chi connectivity index (χ4v) is 2.02. The summed E-state index contributed by atoms with van der Waals surface area (Å²) in [7, 11) is 0. The van der Waals surface area contributed by atoms with E-state index < -0.39 is 0 Å². The highest BCUT2D eigenvalue weighted by Gasteiger charge is 2.08. The van der Waals surface area contributed by atoms with Crippen LogP contribution in [0.25, 0.3) is 0 Å². The molecule has 1 unspecified atom stereocenters. The van der Waals surface area contributed by atoms with E-state index in [1.165, 1.54) is 0 Å². The van der Waals surface area contributed by atoms with Crippen molar-refractivity contribution in [3.05, 3.63) is 31.8 Å². The van der Waals surface area contributed by atoms with Gasteiger partial charge in [0.1, 0.15) is 0 Å². The molecule has 1 nitrogen and oxygen atoms in total. The molecule has 0 saturated heterocycles. The first-order valence-electron chi connectivity index (χ1n) is 3.78. The number of hydrogen-bond acceptors (Lipinski definition) is 1. The standard InChI is InChI=1S/C9H10BrIO/c1-2-9(12)7-5-6(11)3-4-8(7)10/h3-5,9,12H,2H2,1H3. The molecule has 12 heavy (non-hydrogen) atoms. The van der Waals surface area contributed by atoms with Gasteiger partial charge in [0.05, 0.1) is 6.10 Å². The summed E-state index contributed by atoms with van der Waals surface area (Å²) in [5.41, 5.74) is 0.976. The Morgan fingerprint density at radius 1 is 1.58 bits per heavy atom. The second-order valence-corrected chi connectivity index (χ2v) is 4.69. The van der Waals surface area contributed by atoms with Gasteiger partial charge < -0.3 is 5.11 Å². The van der Waals surface area contributed by atoms with E-state index in [1.54, 1.807) is 0 Å². The Morgan fingerprint density at radius 3 is 2.83 bits per heavy atom. The quantitative estimate of drug-likeness (QED) is 0.817. The van der Waals surface area contributed by atoms with Crippen LogP contribution in [0.1, 0.15) is 25.0 Å². The summed E-state index contributed by atoms with van der Waals surface area (Å²) in [5, 5.41) is 9.60. The third-order valence-corrected chi connectivity index (χ3v) is 3.10. The van der Waals surface area contributed by atoms with Gasteiger partial charge in [-0.15, -0.1) is 0 Å². The molecule has 1 aromatic rings. The van der Waals surface area contributed by atoms with Gasteiger partial charge in [0.2, 0.25) is 0 Å². The summed E-state index contributed by atoms with van der Waals surface area (Å²) in [6, 6.07) is 5.98. The Hall–Kier alpha value is 0.390. The van der Waals surface area contributed by atoms with Gasteiger partial charge >= 0.3 is 0 Å². The van der Waals surface area contributed by atoms with Crippen molar-refractivity contribution in [1.29, 1.82) is 0 Å². The second-order valence-electron chi connectivity index (χ2n) is 2.59. The average molecular weight is 341 g/mol. The zero-order valence-electron chi connectivity index (χ0n) is 6.72. The monoisotopic (exact) mass is 340 g/mol. The number of aliphatic hydroxyl groups excluding tert-OH is 1. The fourth-order valence-electron chi connectivity index (χ4n) is 0.990. The third-order valence-electron chi connectivity index (χ3n) is 1.70. The minimum Gasteiger partial charge on any atom is -0.388 e. The molecule has 0 spiro atoms. The topological polar surface area (TPSA) is 20.2 Å². The molecule has 0 aliphatic heterocycles. The molecule has 66 valence electrons. The Kier molecular flexibility index (Phi) is 3.99. The van der Waals surface area contributed by atoms with Gasteiger partial charge in [-0.3, -0.25) is 0 Å². The van der Waals surface area contributed by atoms with Crippen molar-refractivity contribution < 1.29 is 5.11 Å². The summed E-state index contributed by atoms with van der Waals surface area (Å²) in [5.74, 6) is 0. The summed E-state index contributed by atoms with van der Waals surface area (Å²) >= 11 is 5.65. The van der Waals surface area contributed by atoms with E-state index in [2.05, 4.69) is 38.5 Å². The lowest BCUT2D eigenvalue weighted by atomic mass is 10.1. The van der Waals surface area contributed by atoms with Crippen molar-refractivity contribution in [3.63, 3.8) is 0 Å². The average Bonchev–Trinajstić information content (AvgIpc) is 2.08. The van der Waals surface area contributed by atoms with Crippen molar-refractivity contribution in [3.8, 4) is 0 Å². The van der Waals surface area contributed by atoms with E-state index in [4.69, 9.17) is 0 Å². The van der Waals surface area contributed by atoms with Crippen LogP contribution in [-0.2, 0) is 0 Å². The molecule has 1 N–H and O–H groups in total. The minimum absolute atomic E-state index is 0.353. The van der Waals surface area contributed by atoms with Crippen LogP contribution in [0, 0.1) is 3.57 Å². The molecule has 1 aromatic carbocycles. The molecular weight excluding hydrogens is 331 g/mol. The lowest BCUT2D eigenvalue weighted by molar-refractivity contribution is 0.173. The van der Waals surface area contributed by atoms with E-state index >= 15 is 0 Å². The Labute approximate surface area is 94.4 Å². The summed E-state index contributed by atoms with van der Waals surface area (Å²) < 4.78 is 2.13. The molecule has 3 heteroatoms. The highest BCUT2D eigenvalue weighted by atomic mass is 127. The van der Waals surface area contributed by atoms with E-state index in [1.807, 2.05) is 25.1 Å². The predicted molar refractivity (Wildman–Crippen MR) is 62.1 cm³/mol. The summed E-state index contributed by atoms with van der Waals surface area (Å²) in [6.07, 6.45) is 0.396. The maximum atomic E-state index is 9.60. The molecule has 0 saturated carbocycles. The maximum Gasteiger partial charge on any atom is 0.0798 e. The molecule has 0 aromatic heterocycles. The largest absolute Gasteiger partial charge is 0.388 e.